The van der Waals surface area contributed by atoms with Crippen molar-refractivity contribution in [1.29, 1.82) is 0 Å². The van der Waals surface area contributed by atoms with E-state index in [-0.39, 0.29) is 22.4 Å². The summed E-state index contributed by atoms with van der Waals surface area (Å²) in [6.07, 6.45) is 3.80. The van der Waals surface area contributed by atoms with Crippen molar-refractivity contribution in [1.82, 2.24) is 10.3 Å². The summed E-state index contributed by atoms with van der Waals surface area (Å²) in [5.41, 5.74) is 3.44. The summed E-state index contributed by atoms with van der Waals surface area (Å²) < 4.78 is 23.6. The molecule has 1 aliphatic rings. The summed E-state index contributed by atoms with van der Waals surface area (Å²) >= 11 is 0. The quantitative estimate of drug-likeness (QED) is 0.841. The highest BCUT2D eigenvalue weighted by Crippen LogP contribution is 2.41. The second-order valence-electron chi connectivity index (χ2n) is 6.96. The van der Waals surface area contributed by atoms with Crippen LogP contribution in [0.15, 0.2) is 35.4 Å². The van der Waals surface area contributed by atoms with E-state index in [1.807, 2.05) is 19.1 Å². The molecule has 0 bridgehead atoms. The Hall–Kier alpha value is -2.25. The fourth-order valence-corrected chi connectivity index (χ4v) is 4.02. The fraction of sp³-hybridized carbons (Fsp3) is 0.368. The van der Waals surface area contributed by atoms with Gasteiger partial charge in [0.15, 0.2) is 0 Å². The summed E-state index contributed by atoms with van der Waals surface area (Å²) in [7, 11) is -3.90. The molecular formula is C19H23N3O3S. The molecule has 1 aliphatic carbocycles. The van der Waals surface area contributed by atoms with E-state index in [4.69, 9.17) is 5.14 Å². The third-order valence-corrected chi connectivity index (χ3v) is 5.95. The Balaban J connectivity index is 1.94. The predicted octanol–water partition coefficient (Wildman–Crippen LogP) is 2.54. The lowest BCUT2D eigenvalue weighted by Crippen LogP contribution is -2.31. The van der Waals surface area contributed by atoms with E-state index in [0.717, 1.165) is 24.1 Å². The average molecular weight is 373 g/mol. The number of hydrogen-bond donors (Lipinski definition) is 2. The van der Waals surface area contributed by atoms with Crippen molar-refractivity contribution in [2.24, 2.45) is 11.1 Å². The van der Waals surface area contributed by atoms with Crippen molar-refractivity contribution >= 4 is 15.9 Å². The molecule has 0 spiro atoms. The summed E-state index contributed by atoms with van der Waals surface area (Å²) in [6, 6.07) is 6.70. The lowest BCUT2D eigenvalue weighted by Gasteiger charge is -2.20. The Labute approximate surface area is 153 Å². The van der Waals surface area contributed by atoms with Gasteiger partial charge in [0.25, 0.3) is 5.91 Å². The van der Waals surface area contributed by atoms with Gasteiger partial charge in [-0.15, -0.1) is 0 Å². The number of aromatic nitrogens is 1. The number of carbonyl (C=O) groups is 1. The molecule has 2 aromatic rings. The molecule has 3 rings (SSSR count). The first-order chi connectivity index (χ1) is 12.2. The summed E-state index contributed by atoms with van der Waals surface area (Å²) in [4.78, 5) is 17.3. The second kappa shape index (κ2) is 6.81. The van der Waals surface area contributed by atoms with Gasteiger partial charge >= 0.3 is 0 Å². The Morgan fingerprint density at radius 3 is 2.50 bits per heavy atom. The molecule has 1 amide bonds. The molecule has 0 radical (unpaired) electrons. The van der Waals surface area contributed by atoms with Crippen LogP contribution in [0.5, 0.6) is 0 Å². The number of amides is 1. The molecule has 0 unspecified atom stereocenters. The van der Waals surface area contributed by atoms with E-state index in [0.29, 0.717) is 17.0 Å². The van der Waals surface area contributed by atoms with Crippen molar-refractivity contribution < 1.29 is 13.2 Å². The summed E-state index contributed by atoms with van der Waals surface area (Å²) in [6.45, 7) is 5.42. The normalized spacial score (nSPS) is 15.5. The molecule has 138 valence electrons. The van der Waals surface area contributed by atoms with Gasteiger partial charge in [0.2, 0.25) is 10.0 Å². The number of carbonyl (C=O) groups excluding carboxylic acids is 1. The fourth-order valence-electron chi connectivity index (χ4n) is 3.14. The maximum atomic E-state index is 12.8. The van der Waals surface area contributed by atoms with E-state index in [1.54, 1.807) is 26.1 Å². The SMILES string of the molecule is Cc1cccnc1[C@H](NC(=O)c1cc(C)c(C)c(S(N)(=O)=O)c1)C1CC1. The minimum Gasteiger partial charge on any atom is -0.343 e. The van der Waals surface area contributed by atoms with Gasteiger partial charge in [0, 0.05) is 11.8 Å². The maximum Gasteiger partial charge on any atom is 0.251 e. The molecule has 1 saturated carbocycles. The Kier molecular flexibility index (Phi) is 4.86. The van der Waals surface area contributed by atoms with Crippen molar-refractivity contribution in [2.45, 2.75) is 44.6 Å². The van der Waals surface area contributed by atoms with Crippen LogP contribution in [0.3, 0.4) is 0 Å². The van der Waals surface area contributed by atoms with E-state index in [1.165, 1.54) is 6.07 Å². The molecule has 1 aromatic carbocycles. The van der Waals surface area contributed by atoms with Crippen LogP contribution >= 0.6 is 0 Å². The van der Waals surface area contributed by atoms with Gasteiger partial charge in [0.05, 0.1) is 16.6 Å². The monoisotopic (exact) mass is 373 g/mol. The molecule has 26 heavy (non-hydrogen) atoms. The third kappa shape index (κ3) is 3.78. The summed E-state index contributed by atoms with van der Waals surface area (Å²) in [5.74, 6) is 0.0387. The van der Waals surface area contributed by atoms with Crippen molar-refractivity contribution in [3.63, 3.8) is 0 Å². The van der Waals surface area contributed by atoms with Gasteiger partial charge in [-0.05, 0) is 74.4 Å². The van der Waals surface area contributed by atoms with Gasteiger partial charge in [-0.25, -0.2) is 13.6 Å². The number of nitrogens with zero attached hydrogens (tertiary/aromatic N) is 1. The highest BCUT2D eigenvalue weighted by Gasteiger charge is 2.35. The molecule has 1 heterocycles. The molecule has 1 aromatic heterocycles. The smallest absolute Gasteiger partial charge is 0.251 e. The Morgan fingerprint density at radius 2 is 1.92 bits per heavy atom. The number of sulfonamides is 1. The molecule has 7 heteroatoms. The number of nitrogens with two attached hydrogens (primary N) is 1. The van der Waals surface area contributed by atoms with E-state index in [2.05, 4.69) is 10.3 Å². The standard InChI is InChI=1S/C19H23N3O3S/c1-11-5-4-8-21-17(11)18(14-6-7-14)22-19(23)15-9-12(2)13(3)16(10-15)26(20,24)25/h4-5,8-10,14,18H,6-7H2,1-3H3,(H,22,23)(H2,20,24,25)/t18-/m1/s1. The number of aryl methyl sites for hydroxylation is 2. The molecule has 1 fully saturated rings. The molecule has 0 aliphatic heterocycles. The second-order valence-corrected chi connectivity index (χ2v) is 8.49. The zero-order chi connectivity index (χ0) is 19.1. The third-order valence-electron chi connectivity index (χ3n) is 4.91. The zero-order valence-corrected chi connectivity index (χ0v) is 15.9. The molecule has 0 saturated heterocycles. The van der Waals surface area contributed by atoms with E-state index in [9.17, 15) is 13.2 Å². The van der Waals surface area contributed by atoms with Crippen molar-refractivity contribution in [3.05, 3.63) is 58.4 Å². The summed E-state index contributed by atoms with van der Waals surface area (Å²) in [5, 5.41) is 8.34. The van der Waals surface area contributed by atoms with Gasteiger partial charge < -0.3 is 5.32 Å². The van der Waals surface area contributed by atoms with E-state index >= 15 is 0 Å². The maximum absolute atomic E-state index is 12.8. The first kappa shape index (κ1) is 18.5. The van der Waals surface area contributed by atoms with Gasteiger partial charge in [-0.1, -0.05) is 6.07 Å². The van der Waals surface area contributed by atoms with Crippen molar-refractivity contribution in [2.75, 3.05) is 0 Å². The number of primary sulfonamides is 1. The predicted molar refractivity (Wildman–Crippen MR) is 99.2 cm³/mol. The van der Waals surface area contributed by atoms with Crippen LogP contribution in [0.1, 0.15) is 51.6 Å². The molecule has 3 N–H and O–H groups in total. The minimum atomic E-state index is -3.90. The number of benzene rings is 1. The topological polar surface area (TPSA) is 102 Å². The van der Waals surface area contributed by atoms with Gasteiger partial charge in [-0.2, -0.15) is 0 Å². The lowest BCUT2D eigenvalue weighted by atomic mass is 10.0. The van der Waals surface area contributed by atoms with Crippen LogP contribution in [-0.4, -0.2) is 19.3 Å². The van der Waals surface area contributed by atoms with Gasteiger partial charge in [-0.3, -0.25) is 9.78 Å². The number of hydrogen-bond acceptors (Lipinski definition) is 4. The minimum absolute atomic E-state index is 0.0142. The van der Waals surface area contributed by atoms with Gasteiger partial charge in [0.1, 0.15) is 0 Å². The zero-order valence-electron chi connectivity index (χ0n) is 15.1. The van der Waals surface area contributed by atoms with Crippen LogP contribution in [-0.2, 0) is 10.0 Å². The first-order valence-electron chi connectivity index (χ1n) is 8.55. The van der Waals surface area contributed by atoms with E-state index < -0.39 is 10.0 Å². The first-order valence-corrected chi connectivity index (χ1v) is 10.1. The highest BCUT2D eigenvalue weighted by molar-refractivity contribution is 7.89. The van der Waals surface area contributed by atoms with Crippen LogP contribution in [0, 0.1) is 26.7 Å². The van der Waals surface area contributed by atoms with Crippen LogP contribution < -0.4 is 10.5 Å². The molecule has 6 nitrogen and oxygen atoms in total. The Bertz CT molecular complexity index is 966. The van der Waals surface area contributed by atoms with Crippen molar-refractivity contribution in [3.8, 4) is 0 Å². The van der Waals surface area contributed by atoms with Crippen LogP contribution in [0.4, 0.5) is 0 Å². The number of pyridine rings is 1. The number of rotatable bonds is 5. The Morgan fingerprint density at radius 1 is 1.23 bits per heavy atom. The molecular weight excluding hydrogens is 350 g/mol. The lowest BCUT2D eigenvalue weighted by molar-refractivity contribution is 0.0930. The molecule has 1 atom stereocenters. The average Bonchev–Trinajstić information content (AvgIpc) is 3.39. The highest BCUT2D eigenvalue weighted by atomic mass is 32.2. The van der Waals surface area contributed by atoms with Crippen LogP contribution in [0.2, 0.25) is 0 Å². The number of nitrogens with one attached hydrogen (secondary N) is 1. The van der Waals surface area contributed by atoms with Crippen LogP contribution in [0.25, 0.3) is 0 Å². The largest absolute Gasteiger partial charge is 0.343 e.